The van der Waals surface area contributed by atoms with Gasteiger partial charge in [0.25, 0.3) is 0 Å². The van der Waals surface area contributed by atoms with Gasteiger partial charge in [-0.2, -0.15) is 0 Å². The first-order chi connectivity index (χ1) is 5.88. The van der Waals surface area contributed by atoms with Gasteiger partial charge in [0, 0.05) is 12.8 Å². The third-order valence-corrected chi connectivity index (χ3v) is 2.53. The zero-order valence-corrected chi connectivity index (χ0v) is 7.55. The van der Waals surface area contributed by atoms with Crippen LogP contribution in [0.4, 0.5) is 0 Å². The molecule has 3 heteroatoms. The van der Waals surface area contributed by atoms with Crippen LogP contribution in [0.1, 0.15) is 18.6 Å². The van der Waals surface area contributed by atoms with Crippen molar-refractivity contribution < 1.29 is 8.99 Å². The van der Waals surface area contributed by atoms with E-state index in [0.29, 0.717) is 0 Å². The number of nitrogens with zero attached hydrogens (tertiary/aromatic N) is 1. The van der Waals surface area contributed by atoms with Gasteiger partial charge in [-0.05, 0) is 23.7 Å². The Kier molecular flexibility index (Phi) is 2.17. The van der Waals surface area contributed by atoms with E-state index in [1.165, 1.54) is 12.8 Å². The zero-order chi connectivity index (χ0) is 8.39. The normalized spacial score (nSPS) is 16.9. The van der Waals surface area contributed by atoms with Crippen molar-refractivity contribution in [1.29, 1.82) is 0 Å². The van der Waals surface area contributed by atoms with E-state index < -0.39 is 0 Å². The molecule has 0 radical (unpaired) electrons. The molecule has 0 bridgehead atoms. The first-order valence-electron chi connectivity index (χ1n) is 4.19. The molecule has 0 saturated carbocycles. The minimum atomic E-state index is 0.748. The highest BCUT2D eigenvalue weighted by molar-refractivity contribution is 6.67. The van der Waals surface area contributed by atoms with E-state index in [0.717, 1.165) is 24.0 Å². The topological polar surface area (TPSA) is 16.1 Å². The molecule has 2 heterocycles. The predicted octanol–water partition coefficient (Wildman–Crippen LogP) is 2.07. The highest BCUT2D eigenvalue weighted by atomic mass is 35.5. The van der Waals surface area contributed by atoms with Crippen LogP contribution in [0.15, 0.2) is 22.8 Å². The Balaban J connectivity index is 2.28. The number of hydrogen-bond acceptors (Lipinski definition) is 1. The fourth-order valence-electron chi connectivity index (χ4n) is 1.47. The largest absolute Gasteiger partial charge is 0.457 e. The molecule has 1 aliphatic rings. The first kappa shape index (κ1) is 7.87. The minimum absolute atomic E-state index is 0.748. The van der Waals surface area contributed by atoms with Crippen LogP contribution in [-0.4, -0.2) is 22.8 Å². The van der Waals surface area contributed by atoms with Crippen LogP contribution in [0.25, 0.3) is 0 Å². The fraction of sp³-hybridized carbons (Fsp3) is 0.444. The van der Waals surface area contributed by atoms with Gasteiger partial charge in [0.1, 0.15) is 13.1 Å². The summed E-state index contributed by atoms with van der Waals surface area (Å²) in [7, 11) is 0. The number of hydrogen-bond donors (Lipinski definition) is 0. The van der Waals surface area contributed by atoms with Gasteiger partial charge in [-0.15, -0.1) is 0 Å². The van der Waals surface area contributed by atoms with Crippen molar-refractivity contribution in [3.05, 3.63) is 24.2 Å². The van der Waals surface area contributed by atoms with Gasteiger partial charge in [-0.1, -0.05) is 0 Å². The van der Waals surface area contributed by atoms with Gasteiger partial charge < -0.3 is 4.42 Å². The van der Waals surface area contributed by atoms with Crippen LogP contribution in [0.5, 0.6) is 0 Å². The molecule has 2 nitrogen and oxygen atoms in total. The van der Waals surface area contributed by atoms with Crippen molar-refractivity contribution >= 4 is 16.8 Å². The molecule has 0 N–H and O–H groups in total. The van der Waals surface area contributed by atoms with Crippen molar-refractivity contribution in [2.75, 3.05) is 13.1 Å². The van der Waals surface area contributed by atoms with Crippen LogP contribution in [0.3, 0.4) is 0 Å². The van der Waals surface area contributed by atoms with Crippen LogP contribution >= 0.6 is 11.6 Å². The molecule has 12 heavy (non-hydrogen) atoms. The summed E-state index contributed by atoms with van der Waals surface area (Å²) in [5.74, 6) is 0.776. The molecule has 0 amide bonds. The molecular weight excluding hydrogens is 174 g/mol. The van der Waals surface area contributed by atoms with E-state index in [4.69, 9.17) is 16.0 Å². The Hall–Kier alpha value is -0.760. The summed E-state index contributed by atoms with van der Waals surface area (Å²) in [5.41, 5.74) is 0. The Bertz CT molecular complexity index is 281. The SMILES string of the molecule is ClC(c1ccco1)=[N+]1CCCC1. The Labute approximate surface area is 76.5 Å². The van der Waals surface area contributed by atoms with Crippen molar-refractivity contribution in [2.45, 2.75) is 12.8 Å². The lowest BCUT2D eigenvalue weighted by atomic mass is 10.4. The summed E-state index contributed by atoms with van der Waals surface area (Å²) >= 11 is 6.10. The molecule has 64 valence electrons. The van der Waals surface area contributed by atoms with Gasteiger partial charge in [0.15, 0.2) is 0 Å². The second-order valence-electron chi connectivity index (χ2n) is 2.96. The average molecular weight is 185 g/mol. The maximum atomic E-state index is 6.10. The summed E-state index contributed by atoms with van der Waals surface area (Å²) in [4.78, 5) is 0. The Morgan fingerprint density at radius 3 is 2.75 bits per heavy atom. The molecule has 0 aliphatic carbocycles. The van der Waals surface area contributed by atoms with Gasteiger partial charge in [0.2, 0.25) is 5.76 Å². The summed E-state index contributed by atoms with van der Waals surface area (Å²) in [6.45, 7) is 2.11. The van der Waals surface area contributed by atoms with Gasteiger partial charge in [-0.25, -0.2) is 4.58 Å². The molecule has 1 saturated heterocycles. The Morgan fingerprint density at radius 1 is 1.42 bits per heavy atom. The standard InChI is InChI=1S/C9H11ClNO/c10-9(8-4-3-7-12-8)11-5-1-2-6-11/h3-4,7H,1-2,5-6H2/q+1. The average Bonchev–Trinajstić information content (AvgIpc) is 2.77. The maximum Gasteiger partial charge on any atom is 0.312 e. The molecule has 2 rings (SSSR count). The molecule has 1 aromatic rings. The molecule has 0 aromatic carbocycles. The van der Waals surface area contributed by atoms with Gasteiger partial charge >= 0.3 is 5.17 Å². The van der Waals surface area contributed by atoms with E-state index in [9.17, 15) is 0 Å². The van der Waals surface area contributed by atoms with Crippen LogP contribution in [0, 0.1) is 0 Å². The third-order valence-electron chi connectivity index (χ3n) is 2.11. The smallest absolute Gasteiger partial charge is 0.312 e. The van der Waals surface area contributed by atoms with Crippen LogP contribution in [0.2, 0.25) is 0 Å². The molecule has 0 atom stereocenters. The lowest BCUT2D eigenvalue weighted by molar-refractivity contribution is -0.503. The van der Waals surface area contributed by atoms with E-state index in [1.807, 2.05) is 12.1 Å². The summed E-state index contributed by atoms with van der Waals surface area (Å²) in [5, 5.41) is 0.748. The highest BCUT2D eigenvalue weighted by Crippen LogP contribution is 2.10. The van der Waals surface area contributed by atoms with E-state index in [1.54, 1.807) is 6.26 Å². The lowest BCUT2D eigenvalue weighted by Gasteiger charge is -1.93. The molecule has 1 fully saturated rings. The van der Waals surface area contributed by atoms with E-state index in [-0.39, 0.29) is 0 Å². The minimum Gasteiger partial charge on any atom is -0.457 e. The summed E-state index contributed by atoms with van der Waals surface area (Å²) in [6.07, 6.45) is 4.11. The molecule has 1 aromatic heterocycles. The molecule has 0 unspecified atom stereocenters. The second kappa shape index (κ2) is 3.31. The predicted molar refractivity (Wildman–Crippen MR) is 47.9 cm³/mol. The van der Waals surface area contributed by atoms with Crippen molar-refractivity contribution in [1.82, 2.24) is 0 Å². The quantitative estimate of drug-likeness (QED) is 0.611. The number of furan rings is 1. The monoisotopic (exact) mass is 184 g/mol. The third kappa shape index (κ3) is 1.39. The molecular formula is C9H11ClNO+. The fourth-order valence-corrected chi connectivity index (χ4v) is 1.74. The summed E-state index contributed by atoms with van der Waals surface area (Å²) < 4.78 is 7.35. The van der Waals surface area contributed by atoms with Crippen LogP contribution in [-0.2, 0) is 0 Å². The number of halogens is 1. The lowest BCUT2D eigenvalue weighted by Crippen LogP contribution is -2.13. The Morgan fingerprint density at radius 2 is 2.17 bits per heavy atom. The van der Waals surface area contributed by atoms with E-state index in [2.05, 4.69) is 4.58 Å². The molecule has 0 spiro atoms. The van der Waals surface area contributed by atoms with Crippen molar-refractivity contribution in [3.63, 3.8) is 0 Å². The highest BCUT2D eigenvalue weighted by Gasteiger charge is 2.20. The first-order valence-corrected chi connectivity index (χ1v) is 4.57. The van der Waals surface area contributed by atoms with Crippen LogP contribution < -0.4 is 0 Å². The van der Waals surface area contributed by atoms with Crippen molar-refractivity contribution in [3.8, 4) is 0 Å². The van der Waals surface area contributed by atoms with Gasteiger partial charge in [0.05, 0.1) is 6.26 Å². The second-order valence-corrected chi connectivity index (χ2v) is 3.32. The maximum absolute atomic E-state index is 6.10. The van der Waals surface area contributed by atoms with Crippen molar-refractivity contribution in [2.24, 2.45) is 0 Å². The zero-order valence-electron chi connectivity index (χ0n) is 6.79. The summed E-state index contributed by atoms with van der Waals surface area (Å²) in [6, 6.07) is 3.74. The van der Waals surface area contributed by atoms with Gasteiger partial charge in [-0.3, -0.25) is 0 Å². The number of rotatable bonds is 1. The molecule has 1 aliphatic heterocycles. The van der Waals surface area contributed by atoms with E-state index >= 15 is 0 Å².